The summed E-state index contributed by atoms with van der Waals surface area (Å²) < 4.78 is 0. The van der Waals surface area contributed by atoms with Crippen LogP contribution in [0.15, 0.2) is 24.8 Å². The van der Waals surface area contributed by atoms with E-state index in [0.717, 1.165) is 18.4 Å². The molecule has 1 atom stereocenters. The minimum atomic E-state index is -0.395. The first kappa shape index (κ1) is 15.2. The molecule has 0 radical (unpaired) electrons. The van der Waals surface area contributed by atoms with Crippen molar-refractivity contribution in [1.82, 2.24) is 0 Å². The standard InChI is InChI=1S/C15H26O/c1-6-8-9-10-11-13(3)15(5,12-7-2)14(4)16/h7H,2-3,6,8-12H2,1,4-5H3. The van der Waals surface area contributed by atoms with Crippen LogP contribution in [0.1, 0.15) is 59.3 Å². The Labute approximate surface area is 101 Å². The van der Waals surface area contributed by atoms with Crippen molar-refractivity contribution in [3.63, 3.8) is 0 Å². The Morgan fingerprint density at radius 3 is 2.38 bits per heavy atom. The maximum Gasteiger partial charge on any atom is 0.140 e. The predicted octanol–water partition coefficient (Wildman–Crippen LogP) is 4.68. The van der Waals surface area contributed by atoms with Gasteiger partial charge in [0.2, 0.25) is 0 Å². The fraction of sp³-hybridized carbons (Fsp3) is 0.667. The lowest BCUT2D eigenvalue weighted by Gasteiger charge is -2.28. The van der Waals surface area contributed by atoms with Crippen LogP contribution in [0.4, 0.5) is 0 Å². The van der Waals surface area contributed by atoms with Gasteiger partial charge in [0.15, 0.2) is 0 Å². The quantitative estimate of drug-likeness (QED) is 0.409. The predicted molar refractivity (Wildman–Crippen MR) is 71.5 cm³/mol. The molecule has 0 aliphatic carbocycles. The Kier molecular flexibility index (Phi) is 7.03. The first-order valence-electron chi connectivity index (χ1n) is 6.29. The third-order valence-corrected chi connectivity index (χ3v) is 3.44. The molecule has 0 aliphatic heterocycles. The topological polar surface area (TPSA) is 17.1 Å². The largest absolute Gasteiger partial charge is 0.299 e. The van der Waals surface area contributed by atoms with Crippen molar-refractivity contribution >= 4 is 5.78 Å². The van der Waals surface area contributed by atoms with Gasteiger partial charge in [0.05, 0.1) is 0 Å². The molecule has 0 aliphatic rings. The number of ketones is 1. The number of carbonyl (C=O) groups excluding carboxylic acids is 1. The van der Waals surface area contributed by atoms with Gasteiger partial charge in [-0.1, -0.05) is 44.4 Å². The SMILES string of the molecule is C=CCC(C)(C(=C)CCCCCC)C(C)=O. The molecule has 0 saturated carbocycles. The molecule has 1 unspecified atom stereocenters. The van der Waals surface area contributed by atoms with E-state index in [-0.39, 0.29) is 5.78 Å². The van der Waals surface area contributed by atoms with E-state index in [9.17, 15) is 4.79 Å². The van der Waals surface area contributed by atoms with Crippen molar-refractivity contribution in [3.8, 4) is 0 Å². The van der Waals surface area contributed by atoms with Gasteiger partial charge in [0.25, 0.3) is 0 Å². The highest BCUT2D eigenvalue weighted by Crippen LogP contribution is 2.34. The lowest BCUT2D eigenvalue weighted by Crippen LogP contribution is -2.27. The maximum absolute atomic E-state index is 11.7. The number of rotatable bonds is 9. The second-order valence-corrected chi connectivity index (χ2v) is 4.80. The lowest BCUT2D eigenvalue weighted by molar-refractivity contribution is -0.123. The molecule has 0 fully saturated rings. The molecule has 0 aromatic heterocycles. The summed E-state index contributed by atoms with van der Waals surface area (Å²) in [5.41, 5.74) is 0.671. The zero-order valence-corrected chi connectivity index (χ0v) is 11.1. The summed E-state index contributed by atoms with van der Waals surface area (Å²) in [7, 11) is 0. The van der Waals surface area contributed by atoms with Crippen molar-refractivity contribution in [3.05, 3.63) is 24.8 Å². The minimum Gasteiger partial charge on any atom is -0.299 e. The van der Waals surface area contributed by atoms with Gasteiger partial charge in [0, 0.05) is 5.41 Å². The number of allylic oxidation sites excluding steroid dienone is 2. The molecular weight excluding hydrogens is 196 g/mol. The van der Waals surface area contributed by atoms with Gasteiger partial charge in [0.1, 0.15) is 5.78 Å². The lowest BCUT2D eigenvalue weighted by atomic mass is 9.75. The molecule has 0 aromatic carbocycles. The highest BCUT2D eigenvalue weighted by atomic mass is 16.1. The van der Waals surface area contributed by atoms with Gasteiger partial charge in [-0.2, -0.15) is 0 Å². The smallest absolute Gasteiger partial charge is 0.140 e. The molecule has 0 bridgehead atoms. The van der Waals surface area contributed by atoms with Crippen LogP contribution in [0.25, 0.3) is 0 Å². The van der Waals surface area contributed by atoms with E-state index >= 15 is 0 Å². The first-order valence-corrected chi connectivity index (χ1v) is 6.29. The molecule has 1 heteroatoms. The van der Waals surface area contributed by atoms with E-state index in [0.29, 0.717) is 6.42 Å². The Hall–Kier alpha value is -0.850. The fourth-order valence-corrected chi connectivity index (χ4v) is 1.87. The fourth-order valence-electron chi connectivity index (χ4n) is 1.87. The minimum absolute atomic E-state index is 0.202. The summed E-state index contributed by atoms with van der Waals surface area (Å²) >= 11 is 0. The Morgan fingerprint density at radius 1 is 1.31 bits per heavy atom. The van der Waals surface area contributed by atoms with Crippen molar-refractivity contribution in [1.29, 1.82) is 0 Å². The number of Topliss-reactive ketones (excluding diaryl/α,β-unsaturated/α-hetero) is 1. The van der Waals surface area contributed by atoms with E-state index in [1.54, 1.807) is 6.92 Å². The van der Waals surface area contributed by atoms with Gasteiger partial charge in [-0.05, 0) is 33.1 Å². The summed E-state index contributed by atoms with van der Waals surface area (Å²) in [6, 6.07) is 0. The summed E-state index contributed by atoms with van der Waals surface area (Å²) in [4.78, 5) is 11.7. The van der Waals surface area contributed by atoms with Gasteiger partial charge >= 0.3 is 0 Å². The highest BCUT2D eigenvalue weighted by Gasteiger charge is 2.30. The number of carbonyl (C=O) groups is 1. The van der Waals surface area contributed by atoms with E-state index in [2.05, 4.69) is 20.1 Å². The Morgan fingerprint density at radius 2 is 1.94 bits per heavy atom. The monoisotopic (exact) mass is 222 g/mol. The molecule has 16 heavy (non-hydrogen) atoms. The van der Waals surface area contributed by atoms with E-state index in [4.69, 9.17) is 0 Å². The van der Waals surface area contributed by atoms with Crippen LogP contribution >= 0.6 is 0 Å². The molecule has 0 aromatic rings. The van der Waals surface area contributed by atoms with E-state index in [1.165, 1.54) is 19.3 Å². The van der Waals surface area contributed by atoms with Crippen LogP contribution in [0.2, 0.25) is 0 Å². The second-order valence-electron chi connectivity index (χ2n) is 4.80. The number of hydrogen-bond donors (Lipinski definition) is 0. The number of hydrogen-bond acceptors (Lipinski definition) is 1. The van der Waals surface area contributed by atoms with Crippen LogP contribution in [-0.4, -0.2) is 5.78 Å². The van der Waals surface area contributed by atoms with Crippen LogP contribution < -0.4 is 0 Å². The van der Waals surface area contributed by atoms with Crippen LogP contribution in [-0.2, 0) is 4.79 Å². The summed E-state index contributed by atoms with van der Waals surface area (Å²) in [5.74, 6) is 0.202. The zero-order chi connectivity index (χ0) is 12.6. The molecule has 0 N–H and O–H groups in total. The zero-order valence-electron chi connectivity index (χ0n) is 11.1. The van der Waals surface area contributed by atoms with Crippen molar-refractivity contribution in [2.24, 2.45) is 5.41 Å². The van der Waals surface area contributed by atoms with Gasteiger partial charge in [-0.3, -0.25) is 4.79 Å². The van der Waals surface area contributed by atoms with Crippen molar-refractivity contribution in [2.45, 2.75) is 59.3 Å². The van der Waals surface area contributed by atoms with Crippen LogP contribution in [0, 0.1) is 5.41 Å². The average Bonchev–Trinajstić information content (AvgIpc) is 2.24. The van der Waals surface area contributed by atoms with E-state index < -0.39 is 5.41 Å². The third-order valence-electron chi connectivity index (χ3n) is 3.44. The summed E-state index contributed by atoms with van der Waals surface area (Å²) in [5, 5.41) is 0. The molecule has 0 rings (SSSR count). The van der Waals surface area contributed by atoms with Gasteiger partial charge < -0.3 is 0 Å². The number of unbranched alkanes of at least 4 members (excludes halogenated alkanes) is 3. The highest BCUT2D eigenvalue weighted by molar-refractivity contribution is 5.85. The second kappa shape index (κ2) is 7.43. The van der Waals surface area contributed by atoms with Gasteiger partial charge in [-0.15, -0.1) is 6.58 Å². The average molecular weight is 222 g/mol. The molecule has 0 amide bonds. The first-order chi connectivity index (χ1) is 7.49. The molecule has 92 valence electrons. The van der Waals surface area contributed by atoms with Crippen LogP contribution in [0.5, 0.6) is 0 Å². The summed E-state index contributed by atoms with van der Waals surface area (Å²) in [6.07, 6.45) is 8.37. The molecule has 0 heterocycles. The normalized spacial score (nSPS) is 14.2. The Bertz CT molecular complexity index is 252. The molecule has 1 nitrogen and oxygen atoms in total. The Balaban J connectivity index is 4.29. The molecular formula is C15H26O. The molecule has 0 spiro atoms. The maximum atomic E-state index is 11.7. The molecule has 0 saturated heterocycles. The van der Waals surface area contributed by atoms with Crippen molar-refractivity contribution in [2.75, 3.05) is 0 Å². The van der Waals surface area contributed by atoms with Crippen molar-refractivity contribution < 1.29 is 4.79 Å². The van der Waals surface area contributed by atoms with Crippen LogP contribution in [0.3, 0.4) is 0 Å². The van der Waals surface area contributed by atoms with E-state index in [1.807, 2.05) is 13.0 Å². The third kappa shape index (κ3) is 4.34. The van der Waals surface area contributed by atoms with Gasteiger partial charge in [-0.25, -0.2) is 0 Å². The summed E-state index contributed by atoms with van der Waals surface area (Å²) in [6.45, 7) is 13.7.